The van der Waals surface area contributed by atoms with Crippen LogP contribution in [0.3, 0.4) is 0 Å². The van der Waals surface area contributed by atoms with Crippen molar-refractivity contribution < 1.29 is 13.2 Å². The molecule has 2 N–H and O–H groups in total. The molecule has 0 spiro atoms. The van der Waals surface area contributed by atoms with E-state index < -0.39 is 15.1 Å². The Balaban J connectivity index is 1.89. The highest BCUT2D eigenvalue weighted by Crippen LogP contribution is 2.41. The van der Waals surface area contributed by atoms with Gasteiger partial charge in [-0.25, -0.2) is 8.42 Å². The molecule has 15 heavy (non-hydrogen) atoms. The average Bonchev–Trinajstić information content (AvgIpc) is 2.62. The minimum Gasteiger partial charge on any atom is -0.352 e. The van der Waals surface area contributed by atoms with Gasteiger partial charge >= 0.3 is 0 Å². The van der Waals surface area contributed by atoms with E-state index in [-0.39, 0.29) is 11.9 Å². The molecule has 2 aliphatic rings. The van der Waals surface area contributed by atoms with Crippen molar-refractivity contribution in [3.63, 3.8) is 0 Å². The molecule has 2 fully saturated rings. The van der Waals surface area contributed by atoms with Crippen molar-refractivity contribution in [2.45, 2.75) is 18.2 Å². The van der Waals surface area contributed by atoms with Gasteiger partial charge in [0.1, 0.15) is 5.25 Å². The zero-order valence-electron chi connectivity index (χ0n) is 8.86. The Kier molecular flexibility index (Phi) is 2.50. The molecule has 0 aromatic carbocycles. The van der Waals surface area contributed by atoms with Crippen LogP contribution in [0.1, 0.15) is 6.92 Å². The van der Waals surface area contributed by atoms with Gasteiger partial charge in [-0.15, -0.1) is 0 Å². The van der Waals surface area contributed by atoms with Gasteiger partial charge in [-0.05, 0) is 18.8 Å². The Labute approximate surface area is 89.5 Å². The van der Waals surface area contributed by atoms with Crippen molar-refractivity contribution in [2.24, 2.45) is 11.8 Å². The normalized spacial score (nSPS) is 35.7. The number of fused-ring (bicyclic) bond motifs is 1. The number of rotatable bonds is 3. The van der Waals surface area contributed by atoms with E-state index in [0.717, 1.165) is 19.3 Å². The second-order valence-electron chi connectivity index (χ2n) is 4.49. The zero-order chi connectivity index (χ0) is 11.2. The van der Waals surface area contributed by atoms with Gasteiger partial charge in [0.05, 0.1) is 0 Å². The van der Waals surface area contributed by atoms with Crippen LogP contribution < -0.4 is 10.6 Å². The number of sulfone groups is 1. The van der Waals surface area contributed by atoms with E-state index in [2.05, 4.69) is 10.6 Å². The highest BCUT2D eigenvalue weighted by Gasteiger charge is 2.54. The van der Waals surface area contributed by atoms with Crippen LogP contribution in [0.2, 0.25) is 0 Å². The molecule has 1 heterocycles. The van der Waals surface area contributed by atoms with E-state index in [9.17, 15) is 13.2 Å². The molecule has 1 aliphatic heterocycles. The van der Waals surface area contributed by atoms with Crippen LogP contribution in [0.5, 0.6) is 0 Å². The van der Waals surface area contributed by atoms with Crippen LogP contribution in [0.15, 0.2) is 0 Å². The first kappa shape index (κ1) is 10.9. The SMILES string of the molecule is CC(C(=O)NC1C2CNCC21)S(C)(=O)=O. The van der Waals surface area contributed by atoms with E-state index in [1.165, 1.54) is 6.92 Å². The molecule has 1 aliphatic carbocycles. The van der Waals surface area contributed by atoms with Crippen LogP contribution >= 0.6 is 0 Å². The van der Waals surface area contributed by atoms with E-state index in [1.54, 1.807) is 0 Å². The van der Waals surface area contributed by atoms with Gasteiger partial charge in [0.15, 0.2) is 9.84 Å². The number of amides is 1. The number of piperidine rings is 1. The molecule has 0 radical (unpaired) electrons. The summed E-state index contributed by atoms with van der Waals surface area (Å²) < 4.78 is 22.3. The number of carbonyl (C=O) groups excluding carboxylic acids is 1. The monoisotopic (exact) mass is 232 g/mol. The van der Waals surface area contributed by atoms with Crippen molar-refractivity contribution in [1.29, 1.82) is 0 Å². The van der Waals surface area contributed by atoms with E-state index in [1.807, 2.05) is 0 Å². The smallest absolute Gasteiger partial charge is 0.238 e. The van der Waals surface area contributed by atoms with Crippen molar-refractivity contribution in [3.05, 3.63) is 0 Å². The molecule has 3 unspecified atom stereocenters. The predicted molar refractivity (Wildman–Crippen MR) is 56.1 cm³/mol. The molecule has 6 heteroatoms. The lowest BCUT2D eigenvalue weighted by molar-refractivity contribution is -0.120. The largest absolute Gasteiger partial charge is 0.352 e. The Morgan fingerprint density at radius 1 is 1.40 bits per heavy atom. The third kappa shape index (κ3) is 2.01. The van der Waals surface area contributed by atoms with Gasteiger partial charge in [0, 0.05) is 25.4 Å². The van der Waals surface area contributed by atoms with E-state index >= 15 is 0 Å². The zero-order valence-corrected chi connectivity index (χ0v) is 9.67. The highest BCUT2D eigenvalue weighted by atomic mass is 32.2. The Morgan fingerprint density at radius 3 is 2.40 bits per heavy atom. The van der Waals surface area contributed by atoms with Crippen LogP contribution in [0.25, 0.3) is 0 Å². The minimum absolute atomic E-state index is 0.197. The van der Waals surface area contributed by atoms with Gasteiger partial charge in [-0.1, -0.05) is 0 Å². The van der Waals surface area contributed by atoms with Crippen LogP contribution in [0.4, 0.5) is 0 Å². The fraction of sp³-hybridized carbons (Fsp3) is 0.889. The molecular weight excluding hydrogens is 216 g/mol. The molecule has 0 bridgehead atoms. The third-order valence-corrected chi connectivity index (χ3v) is 4.91. The molecule has 5 nitrogen and oxygen atoms in total. The summed E-state index contributed by atoms with van der Waals surface area (Å²) in [5.41, 5.74) is 0. The van der Waals surface area contributed by atoms with Crippen molar-refractivity contribution in [2.75, 3.05) is 19.3 Å². The lowest BCUT2D eigenvalue weighted by atomic mass is 10.4. The molecule has 86 valence electrons. The summed E-state index contributed by atoms with van der Waals surface area (Å²) in [7, 11) is -3.27. The number of nitrogens with one attached hydrogen (secondary N) is 2. The number of hydrogen-bond donors (Lipinski definition) is 2. The van der Waals surface area contributed by atoms with Crippen LogP contribution in [-0.4, -0.2) is 45.0 Å². The second kappa shape index (κ2) is 3.45. The predicted octanol–water partition coefficient (Wildman–Crippen LogP) is -1.25. The summed E-state index contributed by atoms with van der Waals surface area (Å²) in [6.07, 6.45) is 1.09. The van der Waals surface area contributed by atoms with E-state index in [4.69, 9.17) is 0 Å². The van der Waals surface area contributed by atoms with Crippen LogP contribution in [0, 0.1) is 11.8 Å². The lowest BCUT2D eigenvalue weighted by Gasteiger charge is -2.11. The molecule has 3 atom stereocenters. The molecule has 0 aromatic rings. The fourth-order valence-electron chi connectivity index (χ4n) is 2.11. The maximum absolute atomic E-state index is 11.6. The molecule has 1 saturated heterocycles. The first-order valence-corrected chi connectivity index (χ1v) is 7.06. The maximum Gasteiger partial charge on any atom is 0.238 e. The second-order valence-corrected chi connectivity index (χ2v) is 6.86. The summed E-state index contributed by atoms with van der Waals surface area (Å²) in [4.78, 5) is 11.6. The first-order valence-electron chi connectivity index (χ1n) is 5.11. The van der Waals surface area contributed by atoms with Gasteiger partial charge < -0.3 is 10.6 Å². The van der Waals surface area contributed by atoms with E-state index in [0.29, 0.717) is 11.8 Å². The minimum atomic E-state index is -3.27. The molecular formula is C9H16N2O3S. The Bertz CT molecular complexity index is 369. The average molecular weight is 232 g/mol. The summed E-state index contributed by atoms with van der Waals surface area (Å²) in [6.45, 7) is 3.30. The summed E-state index contributed by atoms with van der Waals surface area (Å²) >= 11 is 0. The maximum atomic E-state index is 11.6. The molecule has 1 amide bonds. The summed E-state index contributed by atoms with van der Waals surface area (Å²) in [5.74, 6) is 0.665. The fourth-order valence-corrected chi connectivity index (χ4v) is 2.57. The van der Waals surface area contributed by atoms with Crippen LogP contribution in [-0.2, 0) is 14.6 Å². The molecule has 0 aromatic heterocycles. The topological polar surface area (TPSA) is 75.3 Å². The Morgan fingerprint density at radius 2 is 1.93 bits per heavy atom. The van der Waals surface area contributed by atoms with Gasteiger partial charge in [0.2, 0.25) is 5.91 Å². The third-order valence-electron chi connectivity index (χ3n) is 3.41. The molecule has 1 saturated carbocycles. The summed E-state index contributed by atoms with van der Waals surface area (Å²) in [6, 6.07) is 0.197. The van der Waals surface area contributed by atoms with Gasteiger partial charge in [0.25, 0.3) is 0 Å². The summed E-state index contributed by atoms with van der Waals surface area (Å²) in [5, 5.41) is 5.08. The highest BCUT2D eigenvalue weighted by molar-refractivity contribution is 7.92. The van der Waals surface area contributed by atoms with Gasteiger partial charge in [-0.2, -0.15) is 0 Å². The van der Waals surface area contributed by atoms with Crippen molar-refractivity contribution in [1.82, 2.24) is 10.6 Å². The first-order chi connectivity index (χ1) is 6.91. The van der Waals surface area contributed by atoms with Gasteiger partial charge in [-0.3, -0.25) is 4.79 Å². The number of carbonyl (C=O) groups is 1. The molecule has 2 rings (SSSR count). The lowest BCUT2D eigenvalue weighted by Crippen LogP contribution is -2.41. The Hall–Kier alpha value is -0.620. The standard InChI is InChI=1S/C9H16N2O3S/c1-5(15(2,13)14)9(12)11-8-6-3-10-4-7(6)8/h5-8,10H,3-4H2,1-2H3,(H,11,12). The van der Waals surface area contributed by atoms with Crippen molar-refractivity contribution >= 4 is 15.7 Å². The van der Waals surface area contributed by atoms with Crippen molar-refractivity contribution in [3.8, 4) is 0 Å². The quantitative estimate of drug-likeness (QED) is 0.638. The number of hydrogen-bond acceptors (Lipinski definition) is 4.